The van der Waals surface area contributed by atoms with Gasteiger partial charge in [-0.1, -0.05) is 30.3 Å². The fraction of sp³-hybridized carbons (Fsp3) is 0.304. The maximum atomic E-state index is 12.3. The highest BCUT2D eigenvalue weighted by Gasteiger charge is 2.40. The Morgan fingerprint density at radius 3 is 2.82 bits per heavy atom. The Kier molecular flexibility index (Phi) is 3.88. The Bertz CT molecular complexity index is 1070. The molecule has 0 saturated heterocycles. The Morgan fingerprint density at radius 2 is 2.00 bits per heavy atom. The number of hydrogen-bond donors (Lipinski definition) is 1. The lowest BCUT2D eigenvalue weighted by Gasteiger charge is -2.35. The molecule has 3 atom stereocenters. The van der Waals surface area contributed by atoms with Crippen LogP contribution < -0.4 is 0 Å². The third kappa shape index (κ3) is 2.43. The smallest absolute Gasteiger partial charge is 0.253 e. The Balaban J connectivity index is 1.53. The fourth-order valence-electron chi connectivity index (χ4n) is 4.85. The highest BCUT2D eigenvalue weighted by atomic mass is 16.3. The largest absolute Gasteiger partial charge is 0.388 e. The van der Waals surface area contributed by atoms with Gasteiger partial charge in [0.25, 0.3) is 5.91 Å². The average molecular weight is 373 g/mol. The Hall–Kier alpha value is -2.92. The quantitative estimate of drug-likeness (QED) is 0.748. The van der Waals surface area contributed by atoms with Gasteiger partial charge in [-0.25, -0.2) is 4.98 Å². The van der Waals surface area contributed by atoms with Gasteiger partial charge in [-0.2, -0.15) is 0 Å². The van der Waals surface area contributed by atoms with E-state index in [-0.39, 0.29) is 17.9 Å². The standard InChI is InChI=1S/C23H23N3O2/c1-25(2)23(28)15-8-9-16-14(11-15)7-10-19(22(16)27)21-18-6-4-3-5-17(18)20-12-24-13-26(20)21/h3-6,8-9,11-13,19,21-22,27H,7,10H2,1-2H3/t19?,21-,22?/m1/s1. The lowest BCUT2D eigenvalue weighted by Crippen LogP contribution is -2.29. The lowest BCUT2D eigenvalue weighted by molar-refractivity contribution is 0.0717. The van der Waals surface area contributed by atoms with Crippen molar-refractivity contribution in [1.29, 1.82) is 0 Å². The highest BCUT2D eigenvalue weighted by molar-refractivity contribution is 5.94. The van der Waals surface area contributed by atoms with Gasteiger partial charge in [0.15, 0.2) is 0 Å². The maximum Gasteiger partial charge on any atom is 0.253 e. The number of fused-ring (bicyclic) bond motifs is 4. The van der Waals surface area contributed by atoms with Crippen LogP contribution in [0, 0.1) is 5.92 Å². The van der Waals surface area contributed by atoms with E-state index in [2.05, 4.69) is 33.8 Å². The molecule has 28 heavy (non-hydrogen) atoms. The van der Waals surface area contributed by atoms with Gasteiger partial charge in [-0.05, 0) is 41.7 Å². The normalized spacial score (nSPS) is 22.3. The molecule has 0 spiro atoms. The minimum Gasteiger partial charge on any atom is -0.388 e. The summed E-state index contributed by atoms with van der Waals surface area (Å²) in [6.07, 6.45) is 4.93. The summed E-state index contributed by atoms with van der Waals surface area (Å²) in [6, 6.07) is 14.2. The molecule has 2 unspecified atom stereocenters. The third-order valence-electron chi connectivity index (χ3n) is 6.19. The number of hydrogen-bond acceptors (Lipinski definition) is 3. The molecule has 5 nitrogen and oxygen atoms in total. The topological polar surface area (TPSA) is 58.4 Å². The summed E-state index contributed by atoms with van der Waals surface area (Å²) in [5.41, 5.74) is 6.27. The Labute approximate surface area is 164 Å². The van der Waals surface area contributed by atoms with Gasteiger partial charge in [-0.15, -0.1) is 0 Å². The molecule has 1 amide bonds. The number of benzene rings is 2. The van der Waals surface area contributed by atoms with Gasteiger partial charge in [0.1, 0.15) is 0 Å². The second-order valence-corrected chi connectivity index (χ2v) is 7.98. The molecule has 0 radical (unpaired) electrons. The van der Waals surface area contributed by atoms with Crippen molar-refractivity contribution in [3.8, 4) is 11.3 Å². The summed E-state index contributed by atoms with van der Waals surface area (Å²) in [4.78, 5) is 18.2. The monoisotopic (exact) mass is 373 g/mol. The molecule has 2 aromatic carbocycles. The van der Waals surface area contributed by atoms with Crippen LogP contribution in [0.2, 0.25) is 0 Å². The number of aliphatic hydroxyl groups is 1. The summed E-state index contributed by atoms with van der Waals surface area (Å²) >= 11 is 0. The molecule has 1 aromatic heterocycles. The molecule has 1 aliphatic heterocycles. The predicted molar refractivity (Wildman–Crippen MR) is 107 cm³/mol. The zero-order valence-electron chi connectivity index (χ0n) is 16.0. The summed E-state index contributed by atoms with van der Waals surface area (Å²) in [6.45, 7) is 0. The number of aliphatic hydroxyl groups excluding tert-OH is 1. The van der Waals surface area contributed by atoms with Crippen molar-refractivity contribution in [2.45, 2.75) is 25.0 Å². The van der Waals surface area contributed by atoms with E-state index in [1.165, 1.54) is 11.1 Å². The van der Waals surface area contributed by atoms with Crippen molar-refractivity contribution in [3.63, 3.8) is 0 Å². The third-order valence-corrected chi connectivity index (χ3v) is 6.19. The van der Waals surface area contributed by atoms with E-state index < -0.39 is 6.10 Å². The van der Waals surface area contributed by atoms with Crippen LogP contribution >= 0.6 is 0 Å². The molecule has 1 aliphatic carbocycles. The van der Waals surface area contributed by atoms with Gasteiger partial charge in [0.05, 0.1) is 30.4 Å². The summed E-state index contributed by atoms with van der Waals surface area (Å²) in [7, 11) is 3.51. The predicted octanol–water partition coefficient (Wildman–Crippen LogP) is 3.45. The minimum absolute atomic E-state index is 0.00723. The van der Waals surface area contributed by atoms with Gasteiger partial charge in [-0.3, -0.25) is 4.79 Å². The first-order valence-electron chi connectivity index (χ1n) is 9.70. The van der Waals surface area contributed by atoms with E-state index in [1.54, 1.807) is 19.0 Å². The molecule has 0 fully saturated rings. The van der Waals surface area contributed by atoms with Crippen molar-refractivity contribution in [2.24, 2.45) is 5.92 Å². The zero-order chi connectivity index (χ0) is 19.4. The molecule has 5 heteroatoms. The Morgan fingerprint density at radius 1 is 1.18 bits per heavy atom. The lowest BCUT2D eigenvalue weighted by atomic mass is 9.75. The summed E-state index contributed by atoms with van der Waals surface area (Å²) in [5.74, 6) is 0.0618. The summed E-state index contributed by atoms with van der Waals surface area (Å²) in [5, 5.41) is 11.3. The van der Waals surface area contributed by atoms with E-state index in [4.69, 9.17) is 0 Å². The van der Waals surface area contributed by atoms with E-state index >= 15 is 0 Å². The zero-order valence-corrected chi connectivity index (χ0v) is 16.0. The molecule has 0 saturated carbocycles. The first-order chi connectivity index (χ1) is 13.6. The second-order valence-electron chi connectivity index (χ2n) is 7.98. The van der Waals surface area contributed by atoms with Gasteiger partial charge >= 0.3 is 0 Å². The number of nitrogens with zero attached hydrogens (tertiary/aromatic N) is 3. The van der Waals surface area contributed by atoms with Crippen molar-refractivity contribution in [2.75, 3.05) is 14.1 Å². The average Bonchev–Trinajstić information content (AvgIpc) is 3.29. The number of rotatable bonds is 2. The molecule has 3 aromatic rings. The SMILES string of the molecule is CN(C)C(=O)c1ccc2c(c1)CCC([C@H]1c3ccccc3-c3cncn31)C2O. The first kappa shape index (κ1) is 17.2. The van der Waals surface area contributed by atoms with Crippen LogP contribution in [0.3, 0.4) is 0 Å². The molecular formula is C23H23N3O2. The second kappa shape index (κ2) is 6.31. The van der Waals surface area contributed by atoms with E-state index in [0.29, 0.717) is 5.56 Å². The van der Waals surface area contributed by atoms with Gasteiger partial charge < -0.3 is 14.6 Å². The molecule has 1 N–H and O–H groups in total. The van der Waals surface area contributed by atoms with Crippen molar-refractivity contribution in [1.82, 2.24) is 14.5 Å². The first-order valence-corrected chi connectivity index (χ1v) is 9.70. The minimum atomic E-state index is -0.571. The number of aryl methyl sites for hydroxylation is 1. The van der Waals surface area contributed by atoms with E-state index in [1.807, 2.05) is 30.7 Å². The summed E-state index contributed by atoms with van der Waals surface area (Å²) < 4.78 is 2.20. The number of imidazole rings is 1. The van der Waals surface area contributed by atoms with Crippen LogP contribution in [0.4, 0.5) is 0 Å². The van der Waals surface area contributed by atoms with Crippen LogP contribution in [0.5, 0.6) is 0 Å². The number of aromatic nitrogens is 2. The molecule has 0 bridgehead atoms. The van der Waals surface area contributed by atoms with Crippen molar-refractivity contribution in [3.05, 3.63) is 77.2 Å². The number of carbonyl (C=O) groups is 1. The van der Waals surface area contributed by atoms with Crippen LogP contribution in [-0.4, -0.2) is 39.6 Å². The van der Waals surface area contributed by atoms with E-state index in [0.717, 1.165) is 29.7 Å². The van der Waals surface area contributed by atoms with Crippen LogP contribution in [0.25, 0.3) is 11.3 Å². The molecule has 2 aliphatic rings. The van der Waals surface area contributed by atoms with Crippen molar-refractivity contribution < 1.29 is 9.90 Å². The molecule has 2 heterocycles. The van der Waals surface area contributed by atoms with Crippen LogP contribution in [-0.2, 0) is 6.42 Å². The van der Waals surface area contributed by atoms with Gasteiger partial charge in [0.2, 0.25) is 0 Å². The molecule has 5 rings (SSSR count). The number of carbonyl (C=O) groups excluding carboxylic acids is 1. The van der Waals surface area contributed by atoms with Crippen LogP contribution in [0.1, 0.15) is 45.6 Å². The molecular weight excluding hydrogens is 350 g/mol. The van der Waals surface area contributed by atoms with E-state index in [9.17, 15) is 9.90 Å². The van der Waals surface area contributed by atoms with Crippen LogP contribution in [0.15, 0.2) is 55.0 Å². The number of amides is 1. The maximum absolute atomic E-state index is 12.3. The van der Waals surface area contributed by atoms with Gasteiger partial charge in [0, 0.05) is 31.1 Å². The molecule has 142 valence electrons. The highest BCUT2D eigenvalue weighted by Crippen LogP contribution is 2.49. The van der Waals surface area contributed by atoms with Crippen molar-refractivity contribution >= 4 is 5.91 Å². The fourth-order valence-corrected chi connectivity index (χ4v) is 4.85.